The van der Waals surface area contributed by atoms with Crippen LogP contribution in [0.3, 0.4) is 0 Å². The van der Waals surface area contributed by atoms with Gasteiger partial charge in [0.15, 0.2) is 16.8 Å². The van der Waals surface area contributed by atoms with Crippen LogP contribution in [0.4, 0.5) is 0 Å². The average molecular weight is 583 g/mol. The van der Waals surface area contributed by atoms with Crippen LogP contribution in [-0.2, 0) is 16.2 Å². The molecule has 1 aliphatic carbocycles. The second-order valence-electron chi connectivity index (χ2n) is 10.9. The van der Waals surface area contributed by atoms with E-state index >= 15 is 0 Å². The van der Waals surface area contributed by atoms with Crippen LogP contribution in [0.25, 0.3) is 22.6 Å². The molecule has 0 aromatic heterocycles. The smallest absolute Gasteiger partial charge is 0.352 e. The highest BCUT2D eigenvalue weighted by molar-refractivity contribution is 6.00. The van der Waals surface area contributed by atoms with Crippen LogP contribution in [0.1, 0.15) is 25.0 Å². The molecule has 0 bridgehead atoms. The topological polar surface area (TPSA) is 139 Å². The molecule has 0 radical (unpaired) electrons. The zero-order valence-corrected chi connectivity index (χ0v) is 23.8. The van der Waals surface area contributed by atoms with Gasteiger partial charge in [0.1, 0.15) is 41.6 Å². The van der Waals surface area contributed by atoms with E-state index < -0.39 is 18.0 Å². The number of fused-ring (bicyclic) bond motifs is 3. The van der Waals surface area contributed by atoms with Gasteiger partial charge in [-0.25, -0.2) is 9.78 Å². The molecule has 0 saturated carbocycles. The van der Waals surface area contributed by atoms with E-state index in [9.17, 15) is 24.6 Å². The Morgan fingerprint density at radius 1 is 1.12 bits per heavy atom. The number of aryl methyl sites for hydroxylation is 1. The second-order valence-corrected chi connectivity index (χ2v) is 10.9. The van der Waals surface area contributed by atoms with Gasteiger partial charge in [0.2, 0.25) is 5.91 Å². The van der Waals surface area contributed by atoms with Crippen LogP contribution in [0.5, 0.6) is 11.5 Å². The molecule has 2 aromatic carbocycles. The molecule has 2 N–H and O–H groups in total. The number of aliphatic carboxylic acids is 1. The monoisotopic (exact) mass is 582 g/mol. The lowest BCUT2D eigenvalue weighted by Gasteiger charge is -2.46. The number of benzene rings is 3. The Morgan fingerprint density at radius 2 is 1.93 bits per heavy atom. The van der Waals surface area contributed by atoms with Crippen LogP contribution >= 0.6 is 0 Å². The van der Waals surface area contributed by atoms with Crippen LogP contribution in [0.15, 0.2) is 87.2 Å². The molecule has 220 valence electrons. The van der Waals surface area contributed by atoms with Crippen molar-refractivity contribution in [3.05, 3.63) is 99.4 Å². The van der Waals surface area contributed by atoms with Gasteiger partial charge < -0.3 is 29.0 Å². The van der Waals surface area contributed by atoms with Crippen molar-refractivity contribution in [1.82, 2.24) is 9.88 Å². The first-order valence-electron chi connectivity index (χ1n) is 14.0. The highest BCUT2D eigenvalue weighted by atomic mass is 16.5. The fourth-order valence-electron chi connectivity index (χ4n) is 5.93. The number of carboxylic acid groups (broad SMARTS) is 1. The minimum absolute atomic E-state index is 0.0301. The van der Waals surface area contributed by atoms with E-state index in [1.807, 2.05) is 44.2 Å². The number of rotatable bonds is 9. The third kappa shape index (κ3) is 5.14. The predicted octanol–water partition coefficient (Wildman–Crippen LogP) is 4.31. The number of aliphatic hydroxyl groups excluding tert-OH is 1. The van der Waals surface area contributed by atoms with Crippen molar-refractivity contribution in [2.45, 2.75) is 39.5 Å². The molecular weight excluding hydrogens is 552 g/mol. The minimum Gasteiger partial charge on any atom is -0.489 e. The first-order chi connectivity index (χ1) is 20.6. The Kier molecular flexibility index (Phi) is 7.23. The van der Waals surface area contributed by atoms with Gasteiger partial charge >= 0.3 is 5.97 Å². The van der Waals surface area contributed by atoms with Gasteiger partial charge in [0.05, 0.1) is 18.1 Å². The van der Waals surface area contributed by atoms with Crippen molar-refractivity contribution in [2.24, 2.45) is 11.8 Å². The maximum absolute atomic E-state index is 12.5. The van der Waals surface area contributed by atoms with E-state index in [0.29, 0.717) is 46.2 Å². The SMILES string of the molecule is Cc1cc(COc2ccc3nc4ccc(=O)cc-4oc3c2)ccc1OC/C=C/C1=C(C(=O)O)N2C(=O)[C@H]([C@@H](C)O)[C@H]2[C@H]1C. The van der Waals surface area contributed by atoms with Gasteiger partial charge in [-0.3, -0.25) is 9.59 Å². The van der Waals surface area contributed by atoms with E-state index in [0.717, 1.165) is 11.1 Å². The predicted molar refractivity (Wildman–Crippen MR) is 157 cm³/mol. The molecule has 3 aliphatic heterocycles. The van der Waals surface area contributed by atoms with Gasteiger partial charge in [0, 0.05) is 18.1 Å². The summed E-state index contributed by atoms with van der Waals surface area (Å²) < 4.78 is 17.8. The van der Waals surface area contributed by atoms with E-state index in [1.54, 1.807) is 31.2 Å². The fourth-order valence-corrected chi connectivity index (χ4v) is 5.93. The average Bonchev–Trinajstić information content (AvgIpc) is 3.21. The third-order valence-electron chi connectivity index (χ3n) is 8.03. The molecule has 2 aromatic rings. The van der Waals surface area contributed by atoms with Crippen molar-refractivity contribution >= 4 is 23.0 Å². The number of amides is 1. The second kappa shape index (κ2) is 11.0. The molecule has 1 amide bonds. The van der Waals surface area contributed by atoms with Crippen molar-refractivity contribution in [1.29, 1.82) is 0 Å². The molecule has 43 heavy (non-hydrogen) atoms. The minimum atomic E-state index is -1.16. The maximum atomic E-state index is 12.5. The van der Waals surface area contributed by atoms with Crippen LogP contribution < -0.4 is 14.9 Å². The Labute approximate surface area is 246 Å². The maximum Gasteiger partial charge on any atom is 0.352 e. The van der Waals surface area contributed by atoms with Gasteiger partial charge in [-0.15, -0.1) is 0 Å². The van der Waals surface area contributed by atoms with E-state index in [1.165, 1.54) is 17.0 Å². The van der Waals surface area contributed by atoms with Gasteiger partial charge in [0.25, 0.3) is 0 Å². The number of carbonyl (C=O) groups is 2. The number of allylic oxidation sites excluding steroid dienone is 1. The van der Waals surface area contributed by atoms with Crippen LogP contribution in [0.2, 0.25) is 0 Å². The summed E-state index contributed by atoms with van der Waals surface area (Å²) in [5.41, 5.74) is 3.98. The standard InChI is InChI=1S/C33H30N2O8/c1-17-13-20(16-42-22-8-10-25-28(15-22)43-27-14-21(37)7-9-24(27)34-25)6-11-26(17)41-12-4-5-23-18(2)30-29(19(3)36)32(38)35(30)31(23)33(39)40/h4-11,13-15,18-19,29-30,36H,12,16H2,1-3H3,(H,39,40)/b5-4+/t18-,19+,29+,30+/m0/s1. The third-order valence-corrected chi connectivity index (χ3v) is 8.03. The molecule has 6 rings (SSSR count). The number of hydrogen-bond acceptors (Lipinski definition) is 8. The molecule has 10 heteroatoms. The zero-order valence-electron chi connectivity index (χ0n) is 23.8. The summed E-state index contributed by atoms with van der Waals surface area (Å²) in [6.07, 6.45) is 2.59. The molecule has 0 spiro atoms. The largest absolute Gasteiger partial charge is 0.489 e. The fraction of sp³-hybridized carbons (Fsp3) is 0.273. The first kappa shape index (κ1) is 28.2. The lowest BCUT2D eigenvalue weighted by Crippen LogP contribution is -2.63. The number of β-lactam (4-membered cyclic amide) rings is 1. The highest BCUT2D eigenvalue weighted by Gasteiger charge is 2.59. The summed E-state index contributed by atoms with van der Waals surface area (Å²) >= 11 is 0. The summed E-state index contributed by atoms with van der Waals surface area (Å²) in [5.74, 6) is -0.655. The number of aliphatic hydroxyl groups is 1. The number of aromatic nitrogens is 1. The van der Waals surface area contributed by atoms with Gasteiger partial charge in [-0.05, 0) is 73.0 Å². The quantitative estimate of drug-likeness (QED) is 0.218. The zero-order chi connectivity index (χ0) is 30.4. The van der Waals surface area contributed by atoms with Crippen LogP contribution in [-0.4, -0.2) is 50.7 Å². The summed E-state index contributed by atoms with van der Waals surface area (Å²) in [5, 5.41) is 19.8. The number of hydrogen-bond donors (Lipinski definition) is 2. The summed E-state index contributed by atoms with van der Waals surface area (Å²) in [6, 6.07) is 15.2. The molecule has 1 fully saturated rings. The van der Waals surface area contributed by atoms with Crippen molar-refractivity contribution in [3.8, 4) is 23.0 Å². The molecule has 3 heterocycles. The lowest BCUT2D eigenvalue weighted by atomic mass is 9.78. The number of nitrogens with zero attached hydrogens (tertiary/aromatic N) is 2. The summed E-state index contributed by atoms with van der Waals surface area (Å²) in [4.78, 5) is 41.9. The Bertz CT molecular complexity index is 1840. The molecule has 1 saturated heterocycles. The molecule has 4 atom stereocenters. The number of ether oxygens (including phenoxy) is 2. The number of carbonyl (C=O) groups excluding carboxylic acids is 1. The molecule has 10 nitrogen and oxygen atoms in total. The van der Waals surface area contributed by atoms with E-state index in [2.05, 4.69) is 4.98 Å². The number of carboxylic acids is 1. The summed E-state index contributed by atoms with van der Waals surface area (Å²) in [7, 11) is 0. The van der Waals surface area contributed by atoms with Crippen molar-refractivity contribution in [3.63, 3.8) is 0 Å². The Morgan fingerprint density at radius 3 is 2.67 bits per heavy atom. The first-order valence-corrected chi connectivity index (χ1v) is 14.0. The molecular formula is C33H30N2O8. The van der Waals surface area contributed by atoms with Crippen molar-refractivity contribution in [2.75, 3.05) is 6.61 Å². The Balaban J connectivity index is 1.09. The van der Waals surface area contributed by atoms with E-state index in [4.69, 9.17) is 13.9 Å². The lowest BCUT2D eigenvalue weighted by molar-refractivity contribution is -0.163. The highest BCUT2D eigenvalue weighted by Crippen LogP contribution is 2.47. The van der Waals surface area contributed by atoms with Crippen molar-refractivity contribution < 1.29 is 33.7 Å². The molecule has 0 unspecified atom stereocenters. The van der Waals surface area contributed by atoms with Gasteiger partial charge in [-0.2, -0.15) is 0 Å². The molecule has 4 aliphatic rings. The van der Waals surface area contributed by atoms with E-state index in [-0.39, 0.29) is 35.6 Å². The normalized spacial score (nSPS) is 20.5. The van der Waals surface area contributed by atoms with Gasteiger partial charge in [-0.1, -0.05) is 19.1 Å². The Hall–Kier alpha value is -4.96. The summed E-state index contributed by atoms with van der Waals surface area (Å²) in [6.45, 7) is 5.87. The van der Waals surface area contributed by atoms with Crippen LogP contribution in [0, 0.1) is 18.8 Å².